The monoisotopic (exact) mass is 346 g/mol. The van der Waals surface area contributed by atoms with Crippen molar-refractivity contribution < 1.29 is 23.1 Å². The number of carbonyl (C=O) groups is 2. The number of hydrogen-bond acceptors (Lipinski definition) is 4. The number of rotatable bonds is 6. The summed E-state index contributed by atoms with van der Waals surface area (Å²) >= 11 is 0. The molecule has 132 valence electrons. The summed E-state index contributed by atoms with van der Waals surface area (Å²) in [5.74, 6) is -0.726. The van der Waals surface area contributed by atoms with Crippen LogP contribution in [0.2, 0.25) is 0 Å². The van der Waals surface area contributed by atoms with Gasteiger partial charge in [-0.05, 0) is 38.0 Å². The fraction of sp³-hybridized carbons (Fsp3) is 0.867. The minimum atomic E-state index is -3.36. The quantitative estimate of drug-likeness (QED) is 0.771. The summed E-state index contributed by atoms with van der Waals surface area (Å²) in [6.45, 7) is 3.29. The van der Waals surface area contributed by atoms with E-state index in [2.05, 4.69) is 0 Å². The van der Waals surface area contributed by atoms with Gasteiger partial charge in [0.15, 0.2) is 0 Å². The van der Waals surface area contributed by atoms with E-state index >= 15 is 0 Å². The smallest absolute Gasteiger partial charge is 0.303 e. The van der Waals surface area contributed by atoms with E-state index in [0.29, 0.717) is 45.3 Å². The third-order valence-electron chi connectivity index (χ3n) is 4.70. The molecule has 0 bridgehead atoms. The summed E-state index contributed by atoms with van der Waals surface area (Å²) in [7, 11) is -3.36. The van der Waals surface area contributed by atoms with E-state index in [4.69, 9.17) is 5.11 Å². The largest absolute Gasteiger partial charge is 0.481 e. The molecule has 8 heteroatoms. The molecule has 0 aromatic rings. The van der Waals surface area contributed by atoms with Crippen molar-refractivity contribution in [2.45, 2.75) is 51.5 Å². The summed E-state index contributed by atoms with van der Waals surface area (Å²) in [5, 5.41) is 8.83. The van der Waals surface area contributed by atoms with Crippen LogP contribution in [-0.2, 0) is 19.6 Å². The van der Waals surface area contributed by atoms with Crippen molar-refractivity contribution in [3.05, 3.63) is 0 Å². The fourth-order valence-electron chi connectivity index (χ4n) is 3.51. The van der Waals surface area contributed by atoms with Gasteiger partial charge in [-0.25, -0.2) is 8.42 Å². The van der Waals surface area contributed by atoms with Gasteiger partial charge < -0.3 is 10.0 Å². The zero-order chi connectivity index (χ0) is 17.0. The van der Waals surface area contributed by atoms with Crippen LogP contribution in [0.15, 0.2) is 0 Å². The third kappa shape index (κ3) is 4.44. The highest BCUT2D eigenvalue weighted by Gasteiger charge is 2.40. The van der Waals surface area contributed by atoms with Crippen molar-refractivity contribution >= 4 is 21.9 Å². The summed E-state index contributed by atoms with van der Waals surface area (Å²) in [6.07, 6.45) is 3.33. The lowest BCUT2D eigenvalue weighted by Gasteiger charge is -2.34. The minimum absolute atomic E-state index is 0.0808. The highest BCUT2D eigenvalue weighted by Crippen LogP contribution is 2.26. The molecule has 2 saturated heterocycles. The number of piperidine rings is 1. The Balaban J connectivity index is 1.96. The minimum Gasteiger partial charge on any atom is -0.481 e. The Labute approximate surface area is 137 Å². The number of aliphatic carboxylic acids is 1. The Hall–Kier alpha value is -1.15. The fourth-order valence-corrected chi connectivity index (χ4v) is 5.25. The maximum atomic E-state index is 12.7. The van der Waals surface area contributed by atoms with Crippen LogP contribution < -0.4 is 0 Å². The van der Waals surface area contributed by atoms with Gasteiger partial charge in [0.1, 0.15) is 6.04 Å². The molecule has 2 rings (SSSR count). The molecule has 1 unspecified atom stereocenters. The molecule has 0 aromatic carbocycles. The van der Waals surface area contributed by atoms with Gasteiger partial charge in [0.05, 0.1) is 5.75 Å². The molecule has 7 nitrogen and oxygen atoms in total. The predicted octanol–water partition coefficient (Wildman–Crippen LogP) is 0.904. The molecule has 1 amide bonds. The van der Waals surface area contributed by atoms with Crippen LogP contribution in [0.5, 0.6) is 0 Å². The number of nitrogens with zero attached hydrogens (tertiary/aromatic N) is 2. The average Bonchev–Trinajstić information content (AvgIpc) is 2.97. The van der Waals surface area contributed by atoms with E-state index in [1.165, 1.54) is 4.31 Å². The van der Waals surface area contributed by atoms with Gasteiger partial charge in [0, 0.05) is 26.1 Å². The topological polar surface area (TPSA) is 95.0 Å². The van der Waals surface area contributed by atoms with E-state index in [0.717, 1.165) is 6.42 Å². The second kappa shape index (κ2) is 7.61. The molecule has 0 aliphatic carbocycles. The maximum Gasteiger partial charge on any atom is 0.303 e. The summed E-state index contributed by atoms with van der Waals surface area (Å²) in [4.78, 5) is 25.2. The zero-order valence-corrected chi connectivity index (χ0v) is 14.4. The van der Waals surface area contributed by atoms with Gasteiger partial charge in [-0.1, -0.05) is 6.92 Å². The Morgan fingerprint density at radius 3 is 2.35 bits per heavy atom. The van der Waals surface area contributed by atoms with Crippen LogP contribution in [-0.4, -0.2) is 66.0 Å². The SMILES string of the molecule is CCCS(=O)(=O)N1CCCC1C(=O)N1CCC(CC(=O)O)CC1. The Kier molecular flexibility index (Phi) is 6.02. The number of hydrogen-bond donors (Lipinski definition) is 1. The predicted molar refractivity (Wildman–Crippen MR) is 85.4 cm³/mol. The van der Waals surface area contributed by atoms with E-state index in [9.17, 15) is 18.0 Å². The van der Waals surface area contributed by atoms with Crippen LogP contribution in [0.25, 0.3) is 0 Å². The maximum absolute atomic E-state index is 12.7. The number of sulfonamides is 1. The van der Waals surface area contributed by atoms with Gasteiger partial charge in [-0.2, -0.15) is 4.31 Å². The van der Waals surface area contributed by atoms with Crippen molar-refractivity contribution in [3.8, 4) is 0 Å². The van der Waals surface area contributed by atoms with Crippen LogP contribution in [0.3, 0.4) is 0 Å². The Bertz CT molecular complexity index is 540. The van der Waals surface area contributed by atoms with E-state index in [1.54, 1.807) is 4.90 Å². The van der Waals surface area contributed by atoms with Gasteiger partial charge in [-0.15, -0.1) is 0 Å². The number of carboxylic acids is 1. The highest BCUT2D eigenvalue weighted by molar-refractivity contribution is 7.89. The van der Waals surface area contributed by atoms with Gasteiger partial charge >= 0.3 is 5.97 Å². The first kappa shape index (κ1) is 18.2. The lowest BCUT2D eigenvalue weighted by atomic mass is 9.93. The molecular weight excluding hydrogens is 320 g/mol. The highest BCUT2D eigenvalue weighted by atomic mass is 32.2. The molecule has 0 radical (unpaired) electrons. The molecule has 23 heavy (non-hydrogen) atoms. The zero-order valence-electron chi connectivity index (χ0n) is 13.6. The standard InChI is InChI=1S/C15H26N2O5S/c1-2-10-23(21,22)17-7-3-4-13(17)15(20)16-8-5-12(6-9-16)11-14(18)19/h12-13H,2-11H2,1H3,(H,18,19). The van der Waals surface area contributed by atoms with Gasteiger partial charge in [0.2, 0.25) is 15.9 Å². The number of likely N-dealkylation sites (tertiary alicyclic amines) is 1. The number of carboxylic acid groups (broad SMARTS) is 1. The molecule has 1 atom stereocenters. The molecule has 0 saturated carbocycles. The van der Waals surface area contributed by atoms with Crippen molar-refractivity contribution in [1.82, 2.24) is 9.21 Å². The Morgan fingerprint density at radius 2 is 1.78 bits per heavy atom. The molecule has 1 N–H and O–H groups in total. The first-order valence-electron chi connectivity index (χ1n) is 8.35. The average molecular weight is 346 g/mol. The normalized spacial score (nSPS) is 24.0. The van der Waals surface area contributed by atoms with Crippen molar-refractivity contribution in [2.24, 2.45) is 5.92 Å². The molecule has 2 aliphatic heterocycles. The van der Waals surface area contributed by atoms with Crippen molar-refractivity contribution in [3.63, 3.8) is 0 Å². The third-order valence-corrected chi connectivity index (χ3v) is 6.77. The van der Waals surface area contributed by atoms with Crippen LogP contribution in [0.4, 0.5) is 0 Å². The van der Waals surface area contributed by atoms with Crippen molar-refractivity contribution in [1.29, 1.82) is 0 Å². The number of amides is 1. The Morgan fingerprint density at radius 1 is 1.13 bits per heavy atom. The molecule has 2 fully saturated rings. The first-order chi connectivity index (χ1) is 10.8. The lowest BCUT2D eigenvalue weighted by molar-refractivity contribution is -0.139. The number of carbonyl (C=O) groups excluding carboxylic acids is 1. The van der Waals surface area contributed by atoms with Gasteiger partial charge in [0.25, 0.3) is 0 Å². The van der Waals surface area contributed by atoms with Crippen LogP contribution in [0.1, 0.15) is 45.4 Å². The second-order valence-corrected chi connectivity index (χ2v) is 8.49. The summed E-state index contributed by atoms with van der Waals surface area (Å²) < 4.78 is 26.0. The summed E-state index contributed by atoms with van der Waals surface area (Å²) in [5.41, 5.74) is 0. The van der Waals surface area contributed by atoms with Gasteiger partial charge in [-0.3, -0.25) is 9.59 Å². The molecule has 2 heterocycles. The molecule has 0 spiro atoms. The van der Waals surface area contributed by atoms with E-state index in [-0.39, 0.29) is 24.0 Å². The molecule has 2 aliphatic rings. The molecule has 0 aromatic heterocycles. The van der Waals surface area contributed by atoms with Crippen LogP contribution >= 0.6 is 0 Å². The van der Waals surface area contributed by atoms with E-state index in [1.807, 2.05) is 6.92 Å². The van der Waals surface area contributed by atoms with Crippen LogP contribution in [0, 0.1) is 5.92 Å². The lowest BCUT2D eigenvalue weighted by Crippen LogP contribution is -2.50. The van der Waals surface area contributed by atoms with Crippen molar-refractivity contribution in [2.75, 3.05) is 25.4 Å². The first-order valence-corrected chi connectivity index (χ1v) is 9.96. The molecular formula is C15H26N2O5S. The summed E-state index contributed by atoms with van der Waals surface area (Å²) in [6, 6.07) is -0.567. The second-order valence-electron chi connectivity index (χ2n) is 6.45. The van der Waals surface area contributed by atoms with E-state index < -0.39 is 22.0 Å².